The third-order valence-electron chi connectivity index (χ3n) is 3.00. The monoisotopic (exact) mass is 335 g/mol. The number of hydrogen-bond acceptors (Lipinski definition) is 2. The summed E-state index contributed by atoms with van der Waals surface area (Å²) in [6, 6.07) is 12.4. The maximum Gasteiger partial charge on any atom is 0.137 e. The number of nitrogen functional groups attached to an aromatic ring is 1. The second-order valence-electron chi connectivity index (χ2n) is 4.57. The van der Waals surface area contributed by atoms with Crippen LogP contribution >= 0.6 is 15.9 Å². The molecule has 0 aliphatic rings. The van der Waals surface area contributed by atoms with Crippen LogP contribution in [0.5, 0.6) is 0 Å². The summed E-state index contributed by atoms with van der Waals surface area (Å²) in [6.07, 6.45) is 0. The molecule has 3 nitrogen and oxygen atoms in total. The third kappa shape index (κ3) is 3.36. The number of anilines is 1. The zero-order chi connectivity index (χ0) is 14.7. The standard InChI is InChI=1S/C15H15BrFN3/c1-20(9-10-5-6-14(17)13(16)7-10)12-4-2-3-11(8-12)15(18)19/h2-8H,9H2,1H3,(H3,18,19). The average Bonchev–Trinajstić information content (AvgIpc) is 2.43. The van der Waals surface area contributed by atoms with Crippen LogP contribution in [0.4, 0.5) is 10.1 Å². The number of nitrogens with two attached hydrogens (primary N) is 1. The molecule has 0 amide bonds. The second kappa shape index (κ2) is 6.05. The van der Waals surface area contributed by atoms with Crippen LogP contribution in [0.15, 0.2) is 46.9 Å². The van der Waals surface area contributed by atoms with E-state index in [9.17, 15) is 4.39 Å². The molecule has 0 atom stereocenters. The fraction of sp³-hybridized carbons (Fsp3) is 0.133. The Bertz CT molecular complexity index is 643. The van der Waals surface area contributed by atoms with Crippen molar-refractivity contribution in [3.63, 3.8) is 0 Å². The van der Waals surface area contributed by atoms with Crippen LogP contribution in [0, 0.1) is 11.2 Å². The van der Waals surface area contributed by atoms with Gasteiger partial charge in [-0.05, 0) is 45.8 Å². The van der Waals surface area contributed by atoms with Gasteiger partial charge in [0.1, 0.15) is 11.7 Å². The van der Waals surface area contributed by atoms with Crippen molar-refractivity contribution in [1.82, 2.24) is 0 Å². The molecule has 0 radical (unpaired) electrons. The number of amidine groups is 1. The van der Waals surface area contributed by atoms with E-state index in [1.165, 1.54) is 6.07 Å². The molecule has 0 spiro atoms. The first-order valence-corrected chi connectivity index (χ1v) is 6.86. The van der Waals surface area contributed by atoms with Crippen LogP contribution in [0.2, 0.25) is 0 Å². The van der Waals surface area contributed by atoms with Crippen LogP contribution in [-0.2, 0) is 6.54 Å². The lowest BCUT2D eigenvalue weighted by molar-refractivity contribution is 0.620. The first-order chi connectivity index (χ1) is 9.47. The van der Waals surface area contributed by atoms with E-state index in [2.05, 4.69) is 15.9 Å². The minimum absolute atomic E-state index is 0.0461. The van der Waals surface area contributed by atoms with Crippen LogP contribution in [-0.4, -0.2) is 12.9 Å². The number of halogens is 2. The summed E-state index contributed by atoms with van der Waals surface area (Å²) in [6.45, 7) is 0.639. The lowest BCUT2D eigenvalue weighted by Crippen LogP contribution is -2.18. The second-order valence-corrected chi connectivity index (χ2v) is 5.42. The third-order valence-corrected chi connectivity index (χ3v) is 3.61. The lowest BCUT2D eigenvalue weighted by atomic mass is 10.1. The van der Waals surface area contributed by atoms with Crippen molar-refractivity contribution in [2.24, 2.45) is 5.73 Å². The van der Waals surface area contributed by atoms with Gasteiger partial charge in [0.05, 0.1) is 4.47 Å². The summed E-state index contributed by atoms with van der Waals surface area (Å²) in [5.74, 6) is -0.222. The molecule has 0 aromatic heterocycles. The van der Waals surface area contributed by atoms with Crippen LogP contribution in [0.3, 0.4) is 0 Å². The Morgan fingerprint density at radius 3 is 2.70 bits per heavy atom. The van der Waals surface area contributed by atoms with Crippen LogP contribution in [0.1, 0.15) is 11.1 Å². The summed E-state index contributed by atoms with van der Waals surface area (Å²) in [5.41, 5.74) is 8.13. The van der Waals surface area contributed by atoms with Gasteiger partial charge in [0.25, 0.3) is 0 Å². The first kappa shape index (κ1) is 14.5. The summed E-state index contributed by atoms with van der Waals surface area (Å²) in [7, 11) is 1.94. The number of nitrogens with zero attached hydrogens (tertiary/aromatic N) is 1. The number of benzene rings is 2. The molecule has 0 aliphatic heterocycles. The van der Waals surface area contributed by atoms with E-state index in [1.54, 1.807) is 18.2 Å². The molecule has 2 aromatic rings. The highest BCUT2D eigenvalue weighted by Crippen LogP contribution is 2.21. The molecular formula is C15H15BrFN3. The molecule has 0 saturated heterocycles. The summed E-state index contributed by atoms with van der Waals surface area (Å²) < 4.78 is 13.7. The topological polar surface area (TPSA) is 53.1 Å². The highest BCUT2D eigenvalue weighted by atomic mass is 79.9. The van der Waals surface area contributed by atoms with E-state index in [0.717, 1.165) is 11.3 Å². The predicted octanol–water partition coefficient (Wildman–Crippen LogP) is 3.51. The van der Waals surface area contributed by atoms with Gasteiger partial charge in [-0.25, -0.2) is 4.39 Å². The molecule has 104 valence electrons. The van der Waals surface area contributed by atoms with E-state index < -0.39 is 0 Å². The first-order valence-electron chi connectivity index (χ1n) is 6.07. The zero-order valence-electron chi connectivity index (χ0n) is 11.0. The Labute approximate surface area is 125 Å². The van der Waals surface area contributed by atoms with Gasteiger partial charge >= 0.3 is 0 Å². The minimum Gasteiger partial charge on any atom is -0.384 e. The van der Waals surface area contributed by atoms with Gasteiger partial charge in [0.2, 0.25) is 0 Å². The molecule has 0 unspecified atom stereocenters. The molecule has 2 rings (SSSR count). The lowest BCUT2D eigenvalue weighted by Gasteiger charge is -2.20. The highest BCUT2D eigenvalue weighted by Gasteiger charge is 2.06. The molecule has 0 fully saturated rings. The van der Waals surface area contributed by atoms with Gasteiger partial charge in [0.15, 0.2) is 0 Å². The highest BCUT2D eigenvalue weighted by molar-refractivity contribution is 9.10. The van der Waals surface area contributed by atoms with E-state index in [-0.39, 0.29) is 11.7 Å². The molecule has 0 saturated carbocycles. The van der Waals surface area contributed by atoms with Crippen LogP contribution < -0.4 is 10.6 Å². The SMILES string of the molecule is CN(Cc1ccc(F)c(Br)c1)c1cccc(C(=N)N)c1. The van der Waals surface area contributed by atoms with Gasteiger partial charge in [0, 0.05) is 24.8 Å². The van der Waals surface area contributed by atoms with Gasteiger partial charge in [-0.1, -0.05) is 18.2 Å². The summed E-state index contributed by atoms with van der Waals surface area (Å²) in [5, 5.41) is 7.46. The Morgan fingerprint density at radius 2 is 2.05 bits per heavy atom. The normalized spacial score (nSPS) is 10.3. The molecule has 0 heterocycles. The van der Waals surface area contributed by atoms with Gasteiger partial charge in [-0.15, -0.1) is 0 Å². The molecule has 20 heavy (non-hydrogen) atoms. The number of hydrogen-bond donors (Lipinski definition) is 2. The van der Waals surface area contributed by atoms with Crippen molar-refractivity contribution >= 4 is 27.5 Å². The van der Waals surface area contributed by atoms with Crippen molar-refractivity contribution in [2.75, 3.05) is 11.9 Å². The van der Waals surface area contributed by atoms with E-state index >= 15 is 0 Å². The molecular weight excluding hydrogens is 321 g/mol. The van der Waals surface area contributed by atoms with Gasteiger partial charge in [-0.3, -0.25) is 5.41 Å². The summed E-state index contributed by atoms with van der Waals surface area (Å²) >= 11 is 3.18. The Kier molecular flexibility index (Phi) is 4.39. The molecule has 2 aromatic carbocycles. The van der Waals surface area contributed by atoms with Gasteiger partial charge in [-0.2, -0.15) is 0 Å². The van der Waals surface area contributed by atoms with E-state index in [0.29, 0.717) is 16.6 Å². The largest absolute Gasteiger partial charge is 0.384 e. The van der Waals surface area contributed by atoms with E-state index in [1.807, 2.05) is 30.1 Å². The predicted molar refractivity (Wildman–Crippen MR) is 83.7 cm³/mol. The Balaban J connectivity index is 2.19. The minimum atomic E-state index is -0.269. The van der Waals surface area contributed by atoms with Crippen molar-refractivity contribution < 1.29 is 4.39 Å². The van der Waals surface area contributed by atoms with Gasteiger partial charge < -0.3 is 10.6 Å². The van der Waals surface area contributed by atoms with Crippen molar-refractivity contribution in [2.45, 2.75) is 6.54 Å². The Hall–Kier alpha value is -1.88. The summed E-state index contributed by atoms with van der Waals surface area (Å²) in [4.78, 5) is 2.02. The molecule has 5 heteroatoms. The fourth-order valence-corrected chi connectivity index (χ4v) is 2.34. The van der Waals surface area contributed by atoms with Crippen molar-refractivity contribution in [3.8, 4) is 0 Å². The van der Waals surface area contributed by atoms with Crippen LogP contribution in [0.25, 0.3) is 0 Å². The molecule has 0 bridgehead atoms. The van der Waals surface area contributed by atoms with Crippen molar-refractivity contribution in [1.29, 1.82) is 5.41 Å². The smallest absolute Gasteiger partial charge is 0.137 e. The maximum absolute atomic E-state index is 13.2. The van der Waals surface area contributed by atoms with E-state index in [4.69, 9.17) is 11.1 Å². The number of nitrogens with one attached hydrogen (secondary N) is 1. The molecule has 0 aliphatic carbocycles. The maximum atomic E-state index is 13.2. The zero-order valence-corrected chi connectivity index (χ0v) is 12.6. The number of rotatable bonds is 4. The fourth-order valence-electron chi connectivity index (χ4n) is 1.91. The quantitative estimate of drug-likeness (QED) is 0.663. The Morgan fingerprint density at radius 1 is 1.30 bits per heavy atom. The average molecular weight is 336 g/mol. The van der Waals surface area contributed by atoms with Crippen molar-refractivity contribution in [3.05, 3.63) is 63.9 Å². The molecule has 3 N–H and O–H groups in total.